The fourth-order valence-electron chi connectivity index (χ4n) is 6.39. The lowest BCUT2D eigenvalue weighted by molar-refractivity contribution is -0.337. The summed E-state index contributed by atoms with van der Waals surface area (Å²) in [6, 6.07) is 0. The first kappa shape index (κ1) is 20.3. The van der Waals surface area contributed by atoms with Crippen LogP contribution < -0.4 is 11.5 Å². The third kappa shape index (κ3) is 2.74. The van der Waals surface area contributed by atoms with E-state index in [-0.39, 0.29) is 42.8 Å². The van der Waals surface area contributed by atoms with E-state index in [1.165, 1.54) is 5.69 Å². The number of hydrogen-bond acceptors (Lipinski definition) is 6. The molecule has 2 bridgehead atoms. The van der Waals surface area contributed by atoms with Gasteiger partial charge in [-0.15, -0.1) is 0 Å². The van der Waals surface area contributed by atoms with Crippen LogP contribution in [-0.2, 0) is 23.1 Å². The molecule has 2 aromatic rings. The molecule has 172 valence electrons. The van der Waals surface area contributed by atoms with Crippen molar-refractivity contribution in [2.24, 2.45) is 5.41 Å². The SMILES string of the molecule is Nc1nc(C2CCOC(c3cnn4c3CCCC4)C2)nc(C23CC(C(F)(F)F)(C2)C3)c1N. The van der Waals surface area contributed by atoms with E-state index in [0.717, 1.165) is 37.8 Å². The highest BCUT2D eigenvalue weighted by Crippen LogP contribution is 2.78. The van der Waals surface area contributed by atoms with E-state index in [9.17, 15) is 13.2 Å². The second-order valence-corrected chi connectivity index (χ2v) is 10.1. The predicted molar refractivity (Wildman–Crippen MR) is 111 cm³/mol. The summed E-state index contributed by atoms with van der Waals surface area (Å²) in [5.41, 5.74) is 13.2. The molecule has 3 saturated carbocycles. The van der Waals surface area contributed by atoms with Gasteiger partial charge in [-0.1, -0.05) is 0 Å². The Morgan fingerprint density at radius 1 is 1.12 bits per heavy atom. The normalized spacial score (nSPS) is 33.8. The number of ether oxygens (including phenoxy) is 1. The lowest BCUT2D eigenvalue weighted by Crippen LogP contribution is -2.70. The molecule has 0 radical (unpaired) electrons. The van der Waals surface area contributed by atoms with Crippen molar-refractivity contribution >= 4 is 11.5 Å². The highest BCUT2D eigenvalue weighted by atomic mass is 19.4. The number of anilines is 2. The van der Waals surface area contributed by atoms with Crippen molar-refractivity contribution in [3.05, 3.63) is 29.0 Å². The van der Waals surface area contributed by atoms with Crippen LogP contribution in [0.15, 0.2) is 6.20 Å². The van der Waals surface area contributed by atoms with Gasteiger partial charge in [0.2, 0.25) is 0 Å². The average Bonchev–Trinajstić information content (AvgIpc) is 3.12. The lowest BCUT2D eigenvalue weighted by Gasteiger charge is -2.70. The van der Waals surface area contributed by atoms with Crippen LogP contribution in [0.1, 0.15) is 79.7 Å². The molecule has 32 heavy (non-hydrogen) atoms. The highest BCUT2D eigenvalue weighted by molar-refractivity contribution is 5.65. The van der Waals surface area contributed by atoms with Crippen LogP contribution in [0.2, 0.25) is 0 Å². The van der Waals surface area contributed by atoms with Crippen LogP contribution in [0.25, 0.3) is 0 Å². The van der Waals surface area contributed by atoms with Crippen molar-refractivity contribution in [1.82, 2.24) is 19.7 Å². The van der Waals surface area contributed by atoms with E-state index < -0.39 is 17.0 Å². The van der Waals surface area contributed by atoms with Crippen molar-refractivity contribution in [1.29, 1.82) is 0 Å². The van der Waals surface area contributed by atoms with Gasteiger partial charge in [0.15, 0.2) is 5.82 Å². The van der Waals surface area contributed by atoms with Crippen LogP contribution in [0.4, 0.5) is 24.7 Å². The molecule has 1 saturated heterocycles. The number of fused-ring (bicyclic) bond motifs is 1. The molecule has 3 aliphatic carbocycles. The molecule has 0 spiro atoms. The molecule has 10 heteroatoms. The van der Waals surface area contributed by atoms with Crippen molar-refractivity contribution in [3.8, 4) is 0 Å². The molecule has 2 aromatic heterocycles. The first-order valence-electron chi connectivity index (χ1n) is 11.4. The Morgan fingerprint density at radius 2 is 1.91 bits per heavy atom. The third-order valence-corrected chi connectivity index (χ3v) is 8.14. The molecule has 0 amide bonds. The predicted octanol–water partition coefficient (Wildman–Crippen LogP) is 3.79. The van der Waals surface area contributed by atoms with Gasteiger partial charge in [-0.2, -0.15) is 18.3 Å². The largest absolute Gasteiger partial charge is 0.394 e. The van der Waals surface area contributed by atoms with E-state index in [4.69, 9.17) is 21.2 Å². The zero-order valence-electron chi connectivity index (χ0n) is 17.8. The Morgan fingerprint density at radius 3 is 2.66 bits per heavy atom. The molecule has 2 atom stereocenters. The van der Waals surface area contributed by atoms with Crippen LogP contribution in [0.3, 0.4) is 0 Å². The Kier molecular flexibility index (Phi) is 4.17. The molecule has 4 N–H and O–H groups in total. The Balaban J connectivity index is 1.26. The quantitative estimate of drug-likeness (QED) is 0.740. The summed E-state index contributed by atoms with van der Waals surface area (Å²) in [5, 5.41) is 4.53. The molecule has 5 aliphatic rings. The van der Waals surface area contributed by atoms with Crippen molar-refractivity contribution in [2.75, 3.05) is 18.1 Å². The zero-order valence-corrected chi connectivity index (χ0v) is 17.8. The number of halogens is 3. The molecule has 2 aliphatic heterocycles. The van der Waals surface area contributed by atoms with Gasteiger partial charge in [0.05, 0.1) is 29.1 Å². The summed E-state index contributed by atoms with van der Waals surface area (Å²) >= 11 is 0. The van der Waals surface area contributed by atoms with E-state index >= 15 is 0 Å². The summed E-state index contributed by atoms with van der Waals surface area (Å²) < 4.78 is 48.2. The smallest absolute Gasteiger partial charge is 0.394 e. The van der Waals surface area contributed by atoms with Crippen LogP contribution >= 0.6 is 0 Å². The molecule has 4 heterocycles. The van der Waals surface area contributed by atoms with Gasteiger partial charge in [0.1, 0.15) is 5.82 Å². The monoisotopic (exact) mass is 448 g/mol. The molecule has 7 rings (SSSR count). The van der Waals surface area contributed by atoms with Gasteiger partial charge < -0.3 is 16.2 Å². The van der Waals surface area contributed by atoms with Gasteiger partial charge in [-0.3, -0.25) is 4.68 Å². The maximum atomic E-state index is 13.3. The number of rotatable bonds is 3. The van der Waals surface area contributed by atoms with Gasteiger partial charge in [0, 0.05) is 35.7 Å². The Bertz CT molecular complexity index is 1060. The van der Waals surface area contributed by atoms with Crippen molar-refractivity contribution in [3.63, 3.8) is 0 Å². The molecule has 4 fully saturated rings. The first-order valence-corrected chi connectivity index (χ1v) is 11.4. The summed E-state index contributed by atoms with van der Waals surface area (Å²) in [6.45, 7) is 1.50. The maximum absolute atomic E-state index is 13.3. The molecule has 2 unspecified atom stereocenters. The molecular weight excluding hydrogens is 421 g/mol. The summed E-state index contributed by atoms with van der Waals surface area (Å²) in [7, 11) is 0. The van der Waals surface area contributed by atoms with Crippen molar-refractivity contribution < 1.29 is 17.9 Å². The number of alkyl halides is 3. The Hall–Kier alpha value is -2.36. The maximum Gasteiger partial charge on any atom is 0.394 e. The number of nitrogens with two attached hydrogens (primary N) is 2. The van der Waals surface area contributed by atoms with Gasteiger partial charge >= 0.3 is 6.18 Å². The van der Waals surface area contributed by atoms with E-state index in [2.05, 4.69) is 14.8 Å². The number of nitrogens with zero attached hydrogens (tertiary/aromatic N) is 4. The molecular formula is C22H27F3N6O. The van der Waals surface area contributed by atoms with E-state index in [0.29, 0.717) is 24.5 Å². The van der Waals surface area contributed by atoms with Crippen LogP contribution in [-0.4, -0.2) is 32.5 Å². The van der Waals surface area contributed by atoms with Gasteiger partial charge in [0.25, 0.3) is 0 Å². The van der Waals surface area contributed by atoms with Crippen LogP contribution in [0, 0.1) is 5.41 Å². The second kappa shape index (κ2) is 6.59. The van der Waals surface area contributed by atoms with Crippen molar-refractivity contribution in [2.45, 2.75) is 81.5 Å². The van der Waals surface area contributed by atoms with Gasteiger partial charge in [-0.05, 0) is 51.4 Å². The highest BCUT2D eigenvalue weighted by Gasteiger charge is 2.79. The number of aromatic nitrogens is 4. The summed E-state index contributed by atoms with van der Waals surface area (Å²) in [5.74, 6) is 0.757. The summed E-state index contributed by atoms with van der Waals surface area (Å²) in [6.07, 6.45) is 2.50. The van der Waals surface area contributed by atoms with E-state index in [1.54, 1.807) is 0 Å². The lowest BCUT2D eigenvalue weighted by atomic mass is 9.34. The minimum Gasteiger partial charge on any atom is -0.394 e. The minimum absolute atomic E-state index is 0.0125. The second-order valence-electron chi connectivity index (χ2n) is 10.1. The summed E-state index contributed by atoms with van der Waals surface area (Å²) in [4.78, 5) is 9.20. The number of hydrogen-bond donors (Lipinski definition) is 2. The standard InChI is InChI=1S/C22H27F3N6O/c23-22(24,25)21-9-20(10-21,11-21)17-16(26)18(27)30-19(29-17)12-4-6-32-15(7-12)13-8-28-31-5-2-1-3-14(13)31/h8,12,15H,1-7,9-11,26H2,(H2,27,29,30). The van der Waals surface area contributed by atoms with Crippen LogP contribution in [0.5, 0.6) is 0 Å². The third-order valence-electron chi connectivity index (χ3n) is 8.14. The topological polar surface area (TPSA) is 105 Å². The van der Waals surface area contributed by atoms with Gasteiger partial charge in [-0.25, -0.2) is 9.97 Å². The van der Waals surface area contributed by atoms with E-state index in [1.807, 2.05) is 6.20 Å². The molecule has 0 aromatic carbocycles. The first-order chi connectivity index (χ1) is 15.2. The number of aryl methyl sites for hydroxylation is 1. The minimum atomic E-state index is -4.18. The fourth-order valence-corrected chi connectivity index (χ4v) is 6.39. The number of nitrogen functional groups attached to an aromatic ring is 2. The zero-order chi connectivity index (χ0) is 22.3. The fraction of sp³-hybridized carbons (Fsp3) is 0.682. The molecule has 7 nitrogen and oxygen atoms in total. The average molecular weight is 448 g/mol. The Labute approximate surface area is 183 Å².